The number of pyridine rings is 1. The molecule has 1 aromatic rings. The van der Waals surface area contributed by atoms with Gasteiger partial charge in [-0.1, -0.05) is 0 Å². The lowest BCUT2D eigenvalue weighted by atomic mass is 10.3. The summed E-state index contributed by atoms with van der Waals surface area (Å²) in [5.41, 5.74) is 0.648. The van der Waals surface area contributed by atoms with Gasteiger partial charge in [0.15, 0.2) is 0 Å². The summed E-state index contributed by atoms with van der Waals surface area (Å²) in [6.07, 6.45) is 4.48. The zero-order chi connectivity index (χ0) is 10.4. The van der Waals surface area contributed by atoms with Crippen molar-refractivity contribution in [1.29, 1.82) is 0 Å². The summed E-state index contributed by atoms with van der Waals surface area (Å²) < 4.78 is 9.44. The molecular weight excluding hydrogens is 182 g/mol. The fourth-order valence-electron chi connectivity index (χ4n) is 0.868. The van der Waals surface area contributed by atoms with Crippen LogP contribution in [0.25, 0.3) is 6.08 Å². The molecule has 0 spiro atoms. The third-order valence-corrected chi connectivity index (χ3v) is 1.58. The molecule has 4 nitrogen and oxygen atoms in total. The quantitative estimate of drug-likeness (QED) is 0.536. The molecule has 0 aliphatic heterocycles. The molecule has 0 aromatic carbocycles. The molecular formula is C10H11NO3. The van der Waals surface area contributed by atoms with E-state index < -0.39 is 5.97 Å². The lowest BCUT2D eigenvalue weighted by molar-refractivity contribution is -0.134. The van der Waals surface area contributed by atoms with E-state index >= 15 is 0 Å². The van der Waals surface area contributed by atoms with E-state index in [1.54, 1.807) is 31.5 Å². The molecule has 0 aliphatic carbocycles. The average Bonchev–Trinajstić information content (AvgIpc) is 2.26. The maximum Gasteiger partial charge on any atom is 0.330 e. The molecule has 4 heteroatoms. The second-order valence-corrected chi connectivity index (χ2v) is 2.48. The monoisotopic (exact) mass is 193 g/mol. The molecule has 14 heavy (non-hydrogen) atoms. The van der Waals surface area contributed by atoms with Crippen LogP contribution in [0.3, 0.4) is 0 Å². The van der Waals surface area contributed by atoms with Crippen LogP contribution in [0.2, 0.25) is 0 Å². The highest BCUT2D eigenvalue weighted by Gasteiger charge is 1.95. The first-order valence-corrected chi connectivity index (χ1v) is 4.02. The Balaban J connectivity index is 2.76. The number of rotatable bonds is 3. The first-order valence-electron chi connectivity index (χ1n) is 4.02. The average molecular weight is 193 g/mol. The van der Waals surface area contributed by atoms with E-state index in [0.29, 0.717) is 11.4 Å². The number of hydrogen-bond donors (Lipinski definition) is 0. The van der Waals surface area contributed by atoms with Gasteiger partial charge >= 0.3 is 5.97 Å². The van der Waals surface area contributed by atoms with Crippen LogP contribution >= 0.6 is 0 Å². The number of carbonyl (C=O) groups is 1. The molecule has 0 atom stereocenters. The molecule has 0 N–H and O–H groups in total. The van der Waals surface area contributed by atoms with Gasteiger partial charge in [-0.3, -0.25) is 4.98 Å². The van der Waals surface area contributed by atoms with Gasteiger partial charge in [-0.2, -0.15) is 0 Å². The van der Waals surface area contributed by atoms with Crippen molar-refractivity contribution in [2.24, 2.45) is 0 Å². The highest BCUT2D eigenvalue weighted by molar-refractivity contribution is 5.86. The molecule has 0 aliphatic rings. The summed E-state index contributed by atoms with van der Waals surface area (Å²) in [5.74, 6) is 0.291. The Hall–Kier alpha value is -1.84. The number of carbonyl (C=O) groups excluding carboxylic acids is 1. The summed E-state index contributed by atoms with van der Waals surface area (Å²) in [4.78, 5) is 14.8. The molecule has 0 amide bonds. The van der Waals surface area contributed by atoms with Crippen molar-refractivity contribution in [3.05, 3.63) is 30.1 Å². The van der Waals surface area contributed by atoms with Crippen molar-refractivity contribution in [3.63, 3.8) is 0 Å². The summed E-state index contributed by atoms with van der Waals surface area (Å²) in [7, 11) is 2.90. The number of nitrogens with zero attached hydrogens (tertiary/aromatic N) is 1. The Morgan fingerprint density at radius 2 is 2.29 bits per heavy atom. The highest BCUT2D eigenvalue weighted by Crippen LogP contribution is 2.10. The Morgan fingerprint density at radius 3 is 2.93 bits per heavy atom. The molecule has 0 unspecified atom stereocenters. The van der Waals surface area contributed by atoms with E-state index in [1.165, 1.54) is 13.2 Å². The SMILES string of the molecule is COC(=O)/C=C/c1cc(OC)ccn1. The predicted molar refractivity (Wildman–Crippen MR) is 51.8 cm³/mol. The Morgan fingerprint density at radius 1 is 1.50 bits per heavy atom. The van der Waals surface area contributed by atoms with Crippen molar-refractivity contribution in [1.82, 2.24) is 4.98 Å². The van der Waals surface area contributed by atoms with Gasteiger partial charge in [-0.25, -0.2) is 4.79 Å². The second kappa shape index (κ2) is 5.01. The van der Waals surface area contributed by atoms with E-state index in [9.17, 15) is 4.79 Å². The van der Waals surface area contributed by atoms with Gasteiger partial charge in [0.05, 0.1) is 19.9 Å². The fraction of sp³-hybridized carbons (Fsp3) is 0.200. The van der Waals surface area contributed by atoms with Gasteiger partial charge in [-0.05, 0) is 12.1 Å². The van der Waals surface area contributed by atoms with Crippen LogP contribution in [0, 0.1) is 0 Å². The van der Waals surface area contributed by atoms with Crippen LogP contribution in [-0.4, -0.2) is 25.2 Å². The Bertz CT molecular complexity index is 347. The third kappa shape index (κ3) is 2.90. The van der Waals surface area contributed by atoms with E-state index in [2.05, 4.69) is 9.72 Å². The topological polar surface area (TPSA) is 48.4 Å². The normalized spacial score (nSPS) is 10.1. The molecule has 1 heterocycles. The number of aromatic nitrogens is 1. The number of hydrogen-bond acceptors (Lipinski definition) is 4. The van der Waals surface area contributed by atoms with Crippen LogP contribution in [-0.2, 0) is 9.53 Å². The first kappa shape index (κ1) is 10.2. The van der Waals surface area contributed by atoms with Gasteiger partial charge in [0.2, 0.25) is 0 Å². The minimum Gasteiger partial charge on any atom is -0.497 e. The van der Waals surface area contributed by atoms with Crippen LogP contribution in [0.4, 0.5) is 0 Å². The zero-order valence-corrected chi connectivity index (χ0v) is 8.06. The number of esters is 1. The molecule has 0 bridgehead atoms. The standard InChI is InChI=1S/C10H11NO3/c1-13-9-5-6-11-8(7-9)3-4-10(12)14-2/h3-7H,1-2H3/b4-3+. The van der Waals surface area contributed by atoms with Crippen LogP contribution < -0.4 is 4.74 Å². The number of ether oxygens (including phenoxy) is 2. The van der Waals surface area contributed by atoms with Crippen molar-refractivity contribution in [2.45, 2.75) is 0 Å². The molecule has 0 saturated heterocycles. The summed E-state index contributed by atoms with van der Waals surface area (Å²) in [5, 5.41) is 0. The summed E-state index contributed by atoms with van der Waals surface area (Å²) >= 11 is 0. The lowest BCUT2D eigenvalue weighted by Gasteiger charge is -1.98. The fourth-order valence-corrected chi connectivity index (χ4v) is 0.868. The zero-order valence-electron chi connectivity index (χ0n) is 8.06. The van der Waals surface area contributed by atoms with Crippen molar-refractivity contribution >= 4 is 12.0 Å². The Kier molecular flexibility index (Phi) is 3.67. The van der Waals surface area contributed by atoms with Crippen LogP contribution in [0.1, 0.15) is 5.69 Å². The lowest BCUT2D eigenvalue weighted by Crippen LogP contribution is -1.93. The van der Waals surface area contributed by atoms with Crippen molar-refractivity contribution in [3.8, 4) is 5.75 Å². The first-order chi connectivity index (χ1) is 6.76. The smallest absolute Gasteiger partial charge is 0.330 e. The van der Waals surface area contributed by atoms with Crippen molar-refractivity contribution < 1.29 is 14.3 Å². The maximum atomic E-state index is 10.8. The second-order valence-electron chi connectivity index (χ2n) is 2.48. The van der Waals surface area contributed by atoms with E-state index in [-0.39, 0.29) is 0 Å². The van der Waals surface area contributed by atoms with Gasteiger partial charge in [0.25, 0.3) is 0 Å². The predicted octanol–water partition coefficient (Wildman–Crippen LogP) is 1.28. The Labute approximate surface area is 82.2 Å². The van der Waals surface area contributed by atoms with Gasteiger partial charge < -0.3 is 9.47 Å². The van der Waals surface area contributed by atoms with E-state index in [1.807, 2.05) is 0 Å². The minimum absolute atomic E-state index is 0.408. The minimum atomic E-state index is -0.408. The molecule has 0 saturated carbocycles. The molecule has 1 rings (SSSR count). The third-order valence-electron chi connectivity index (χ3n) is 1.58. The molecule has 0 fully saturated rings. The van der Waals surface area contributed by atoms with E-state index in [4.69, 9.17) is 4.74 Å². The van der Waals surface area contributed by atoms with Crippen LogP contribution in [0.5, 0.6) is 5.75 Å². The number of methoxy groups -OCH3 is 2. The van der Waals surface area contributed by atoms with Gasteiger partial charge in [0, 0.05) is 18.3 Å². The maximum absolute atomic E-state index is 10.8. The van der Waals surface area contributed by atoms with Crippen molar-refractivity contribution in [2.75, 3.05) is 14.2 Å². The van der Waals surface area contributed by atoms with Crippen LogP contribution in [0.15, 0.2) is 24.4 Å². The molecule has 1 aromatic heterocycles. The van der Waals surface area contributed by atoms with E-state index in [0.717, 1.165) is 0 Å². The molecule has 74 valence electrons. The summed E-state index contributed by atoms with van der Waals surface area (Å²) in [6, 6.07) is 3.45. The summed E-state index contributed by atoms with van der Waals surface area (Å²) in [6.45, 7) is 0. The van der Waals surface area contributed by atoms with Gasteiger partial charge in [-0.15, -0.1) is 0 Å². The highest BCUT2D eigenvalue weighted by atomic mass is 16.5. The van der Waals surface area contributed by atoms with Gasteiger partial charge in [0.1, 0.15) is 5.75 Å². The largest absolute Gasteiger partial charge is 0.497 e. The molecule has 0 radical (unpaired) electrons.